The highest BCUT2D eigenvalue weighted by Crippen LogP contribution is 2.29. The lowest BCUT2D eigenvalue weighted by molar-refractivity contribution is 0.0697. The zero-order valence-electron chi connectivity index (χ0n) is 15.4. The first-order valence-corrected chi connectivity index (χ1v) is 9.51. The Bertz CT molecular complexity index is 1050. The molecule has 0 aliphatic carbocycles. The van der Waals surface area contributed by atoms with Crippen LogP contribution in [0.5, 0.6) is 0 Å². The summed E-state index contributed by atoms with van der Waals surface area (Å²) in [6.45, 7) is 0.918. The van der Waals surface area contributed by atoms with Gasteiger partial charge in [-0.25, -0.2) is 9.59 Å². The van der Waals surface area contributed by atoms with Crippen LogP contribution in [0.15, 0.2) is 72.8 Å². The second-order valence-electron chi connectivity index (χ2n) is 6.89. The van der Waals surface area contributed by atoms with Crippen molar-refractivity contribution in [2.75, 3.05) is 6.54 Å². The third-order valence-corrected chi connectivity index (χ3v) is 5.15. The van der Waals surface area contributed by atoms with E-state index in [2.05, 4.69) is 0 Å². The van der Waals surface area contributed by atoms with Gasteiger partial charge in [0.2, 0.25) is 0 Å². The maximum Gasteiger partial charge on any atom is 0.410 e. The van der Waals surface area contributed by atoms with Gasteiger partial charge in [0, 0.05) is 11.6 Å². The normalized spacial score (nSPS) is 16.0. The van der Waals surface area contributed by atoms with Gasteiger partial charge in [0.05, 0.1) is 12.1 Å². The molecule has 0 spiro atoms. The van der Waals surface area contributed by atoms with Gasteiger partial charge in [-0.05, 0) is 46.5 Å². The lowest BCUT2D eigenvalue weighted by atomic mass is 10.0. The molecule has 1 aliphatic rings. The van der Waals surface area contributed by atoms with Gasteiger partial charge in [0.1, 0.15) is 6.10 Å². The molecule has 146 valence electrons. The molecule has 3 aromatic carbocycles. The van der Waals surface area contributed by atoms with Crippen molar-refractivity contribution < 1.29 is 19.4 Å². The quantitative estimate of drug-likeness (QED) is 0.615. The first-order chi connectivity index (χ1) is 14.0. The van der Waals surface area contributed by atoms with Crippen molar-refractivity contribution in [1.29, 1.82) is 0 Å². The Hall–Kier alpha value is -3.31. The number of benzene rings is 3. The van der Waals surface area contributed by atoms with E-state index in [4.69, 9.17) is 21.4 Å². The summed E-state index contributed by atoms with van der Waals surface area (Å²) >= 11 is 5.92. The average molecular weight is 408 g/mol. The molecule has 1 amide bonds. The molecule has 1 fully saturated rings. The number of ether oxygens (including phenoxy) is 1. The highest BCUT2D eigenvalue weighted by molar-refractivity contribution is 6.30. The van der Waals surface area contributed by atoms with Crippen molar-refractivity contribution in [3.63, 3.8) is 0 Å². The number of aromatic carboxylic acids is 1. The molecule has 3 aromatic rings. The van der Waals surface area contributed by atoms with Crippen molar-refractivity contribution in [2.24, 2.45) is 0 Å². The molecule has 0 radical (unpaired) electrons. The standard InChI is InChI=1S/C23H18ClNO4/c24-20-10-8-17(9-11-20)21-14-25(23(28)29-21)13-15-4-6-16(7-5-15)18-2-1-3-19(12-18)22(26)27/h1-12,21H,13-14H2,(H,26,27)/t21-/m0/s1. The molecule has 1 atom stereocenters. The summed E-state index contributed by atoms with van der Waals surface area (Å²) < 4.78 is 5.49. The number of hydrogen-bond donors (Lipinski definition) is 1. The van der Waals surface area contributed by atoms with E-state index in [-0.39, 0.29) is 17.8 Å². The maximum absolute atomic E-state index is 12.2. The van der Waals surface area contributed by atoms with E-state index < -0.39 is 5.97 Å². The number of carboxylic acid groups (broad SMARTS) is 1. The van der Waals surface area contributed by atoms with Crippen molar-refractivity contribution in [3.05, 3.63) is 94.5 Å². The van der Waals surface area contributed by atoms with Gasteiger partial charge in [-0.1, -0.05) is 60.1 Å². The third kappa shape index (κ3) is 4.25. The van der Waals surface area contributed by atoms with Crippen LogP contribution in [0.2, 0.25) is 5.02 Å². The van der Waals surface area contributed by atoms with Gasteiger partial charge in [0.15, 0.2) is 0 Å². The van der Waals surface area contributed by atoms with Gasteiger partial charge < -0.3 is 9.84 Å². The average Bonchev–Trinajstić information content (AvgIpc) is 3.09. The zero-order valence-corrected chi connectivity index (χ0v) is 16.2. The number of carbonyl (C=O) groups is 2. The predicted octanol–water partition coefficient (Wildman–Crippen LogP) is 5.40. The van der Waals surface area contributed by atoms with Gasteiger partial charge in [-0.2, -0.15) is 0 Å². The number of nitrogens with zero attached hydrogens (tertiary/aromatic N) is 1. The predicted molar refractivity (Wildman–Crippen MR) is 110 cm³/mol. The van der Waals surface area contributed by atoms with E-state index in [0.717, 1.165) is 22.3 Å². The molecule has 1 saturated heterocycles. The Morgan fingerprint density at radius 3 is 2.45 bits per heavy atom. The Kier molecular flexibility index (Phi) is 5.23. The van der Waals surface area contributed by atoms with Crippen LogP contribution in [0, 0.1) is 0 Å². The van der Waals surface area contributed by atoms with Crippen LogP contribution in [-0.2, 0) is 11.3 Å². The molecular weight excluding hydrogens is 390 g/mol. The third-order valence-electron chi connectivity index (χ3n) is 4.90. The minimum Gasteiger partial charge on any atom is -0.478 e. The molecule has 6 heteroatoms. The Morgan fingerprint density at radius 1 is 1.03 bits per heavy atom. The second kappa shape index (κ2) is 7.97. The van der Waals surface area contributed by atoms with E-state index in [9.17, 15) is 9.59 Å². The van der Waals surface area contributed by atoms with Gasteiger partial charge in [-0.15, -0.1) is 0 Å². The number of carbonyl (C=O) groups excluding carboxylic acids is 1. The molecule has 0 unspecified atom stereocenters. The summed E-state index contributed by atoms with van der Waals surface area (Å²) in [7, 11) is 0. The molecule has 1 aliphatic heterocycles. The lowest BCUT2D eigenvalue weighted by Crippen LogP contribution is -2.23. The summed E-state index contributed by atoms with van der Waals surface area (Å²) in [5.41, 5.74) is 3.88. The SMILES string of the molecule is O=C(O)c1cccc(-c2ccc(CN3C[C@@H](c4ccc(Cl)cc4)OC3=O)cc2)c1. The fourth-order valence-corrected chi connectivity index (χ4v) is 3.47. The van der Waals surface area contributed by atoms with Gasteiger partial charge in [-0.3, -0.25) is 4.90 Å². The van der Waals surface area contributed by atoms with Gasteiger partial charge >= 0.3 is 12.1 Å². The van der Waals surface area contributed by atoms with Crippen LogP contribution >= 0.6 is 11.6 Å². The van der Waals surface area contributed by atoms with E-state index in [1.165, 1.54) is 0 Å². The number of hydrogen-bond acceptors (Lipinski definition) is 3. The van der Waals surface area contributed by atoms with Crippen LogP contribution in [0.4, 0.5) is 4.79 Å². The second-order valence-corrected chi connectivity index (χ2v) is 7.32. The van der Waals surface area contributed by atoms with Crippen LogP contribution in [0.3, 0.4) is 0 Å². The molecule has 1 heterocycles. The number of halogens is 1. The van der Waals surface area contributed by atoms with Crippen LogP contribution in [0.1, 0.15) is 27.6 Å². The summed E-state index contributed by atoms with van der Waals surface area (Å²) in [6, 6.07) is 21.8. The van der Waals surface area contributed by atoms with Crippen molar-refractivity contribution in [2.45, 2.75) is 12.6 Å². The monoisotopic (exact) mass is 407 g/mol. The topological polar surface area (TPSA) is 66.8 Å². The van der Waals surface area contributed by atoms with Crippen molar-refractivity contribution in [3.8, 4) is 11.1 Å². The molecule has 0 bridgehead atoms. The summed E-state index contributed by atoms with van der Waals surface area (Å²) in [6.07, 6.45) is -0.652. The van der Waals surface area contributed by atoms with Crippen molar-refractivity contribution >= 4 is 23.7 Å². The first kappa shape index (κ1) is 19.0. The maximum atomic E-state index is 12.2. The highest BCUT2D eigenvalue weighted by atomic mass is 35.5. The Balaban J connectivity index is 1.45. The summed E-state index contributed by atoms with van der Waals surface area (Å²) in [5, 5.41) is 9.79. The smallest absolute Gasteiger partial charge is 0.410 e. The Morgan fingerprint density at radius 2 is 1.76 bits per heavy atom. The molecule has 4 rings (SSSR count). The highest BCUT2D eigenvalue weighted by Gasteiger charge is 2.32. The molecular formula is C23H18ClNO4. The first-order valence-electron chi connectivity index (χ1n) is 9.13. The number of amides is 1. The van der Waals surface area contributed by atoms with Crippen LogP contribution in [0.25, 0.3) is 11.1 Å². The minimum absolute atomic E-state index is 0.250. The largest absolute Gasteiger partial charge is 0.478 e. The number of rotatable bonds is 5. The van der Waals surface area contributed by atoms with E-state index in [0.29, 0.717) is 18.1 Å². The van der Waals surface area contributed by atoms with E-state index >= 15 is 0 Å². The Labute approximate surface area is 173 Å². The lowest BCUT2D eigenvalue weighted by Gasteiger charge is -2.13. The van der Waals surface area contributed by atoms with Crippen molar-refractivity contribution in [1.82, 2.24) is 4.90 Å². The fourth-order valence-electron chi connectivity index (χ4n) is 3.34. The molecule has 0 aromatic heterocycles. The van der Waals surface area contributed by atoms with E-state index in [1.807, 2.05) is 42.5 Å². The molecule has 0 saturated carbocycles. The fraction of sp³-hybridized carbons (Fsp3) is 0.130. The molecule has 29 heavy (non-hydrogen) atoms. The zero-order chi connectivity index (χ0) is 20.4. The van der Waals surface area contributed by atoms with Crippen LogP contribution in [-0.4, -0.2) is 28.6 Å². The van der Waals surface area contributed by atoms with Crippen LogP contribution < -0.4 is 0 Å². The number of cyclic esters (lactones) is 1. The molecule has 1 N–H and O–H groups in total. The number of carboxylic acids is 1. The summed E-state index contributed by atoms with van der Waals surface area (Å²) in [5.74, 6) is -0.953. The minimum atomic E-state index is -0.953. The van der Waals surface area contributed by atoms with Gasteiger partial charge in [0.25, 0.3) is 0 Å². The molecule has 5 nitrogen and oxygen atoms in total. The summed E-state index contributed by atoms with van der Waals surface area (Å²) in [4.78, 5) is 25.1. The van der Waals surface area contributed by atoms with E-state index in [1.54, 1.807) is 35.2 Å².